The van der Waals surface area contributed by atoms with Crippen molar-refractivity contribution in [2.75, 3.05) is 13.2 Å². The first-order chi connectivity index (χ1) is 6.77. The van der Waals surface area contributed by atoms with Gasteiger partial charge in [0.1, 0.15) is 0 Å². The van der Waals surface area contributed by atoms with E-state index in [-0.39, 0.29) is 12.0 Å². The highest BCUT2D eigenvalue weighted by Crippen LogP contribution is 2.28. The minimum atomic E-state index is -0.361. The third-order valence-corrected chi connectivity index (χ3v) is 3.02. The summed E-state index contributed by atoms with van der Waals surface area (Å²) in [6.07, 6.45) is 4.60. The standard InChI is InChI=1S/C11H18O3/c1-8-5-10(7-14-8)11(12)9-3-2-4-13-6-9/h6,8,10-12H,2-5,7H2,1H3. The lowest BCUT2D eigenvalue weighted by Gasteiger charge is -2.22. The molecule has 0 aromatic carbocycles. The molecule has 1 fully saturated rings. The molecule has 2 rings (SSSR count). The average Bonchev–Trinajstić information content (AvgIpc) is 2.65. The molecule has 2 aliphatic heterocycles. The molecule has 3 atom stereocenters. The first-order valence-corrected chi connectivity index (χ1v) is 5.37. The summed E-state index contributed by atoms with van der Waals surface area (Å²) in [7, 11) is 0. The summed E-state index contributed by atoms with van der Waals surface area (Å²) in [5.74, 6) is 0.262. The quantitative estimate of drug-likeness (QED) is 0.730. The van der Waals surface area contributed by atoms with Crippen LogP contribution in [0.3, 0.4) is 0 Å². The SMILES string of the molecule is CC1CC(C(O)C2=COCCC2)CO1. The molecule has 14 heavy (non-hydrogen) atoms. The van der Waals surface area contributed by atoms with E-state index in [1.165, 1.54) is 0 Å². The van der Waals surface area contributed by atoms with Gasteiger partial charge in [0.15, 0.2) is 0 Å². The minimum absolute atomic E-state index is 0.262. The van der Waals surface area contributed by atoms with Crippen LogP contribution in [-0.4, -0.2) is 30.5 Å². The van der Waals surface area contributed by atoms with Gasteiger partial charge in [0.05, 0.1) is 31.7 Å². The Balaban J connectivity index is 1.93. The van der Waals surface area contributed by atoms with Crippen LogP contribution in [0.15, 0.2) is 11.8 Å². The molecule has 0 aromatic rings. The third kappa shape index (κ3) is 2.10. The Morgan fingerprint density at radius 2 is 2.43 bits per heavy atom. The van der Waals surface area contributed by atoms with Crippen molar-refractivity contribution in [1.82, 2.24) is 0 Å². The molecule has 0 aliphatic carbocycles. The molecule has 3 heteroatoms. The van der Waals surface area contributed by atoms with Crippen molar-refractivity contribution in [1.29, 1.82) is 0 Å². The predicted octanol–water partition coefficient (Wildman–Crippen LogP) is 1.47. The Morgan fingerprint density at radius 1 is 1.57 bits per heavy atom. The first-order valence-electron chi connectivity index (χ1n) is 5.37. The maximum Gasteiger partial charge on any atom is 0.0876 e. The summed E-state index contributed by atoms with van der Waals surface area (Å²) in [6.45, 7) is 3.52. The summed E-state index contributed by atoms with van der Waals surface area (Å²) in [4.78, 5) is 0. The molecule has 1 saturated heterocycles. The lowest BCUT2D eigenvalue weighted by Crippen LogP contribution is -2.24. The van der Waals surface area contributed by atoms with Crippen molar-refractivity contribution in [2.45, 2.75) is 38.4 Å². The molecule has 1 N–H and O–H groups in total. The van der Waals surface area contributed by atoms with Crippen LogP contribution < -0.4 is 0 Å². The highest BCUT2D eigenvalue weighted by Gasteiger charge is 2.30. The fourth-order valence-corrected chi connectivity index (χ4v) is 2.18. The molecule has 0 amide bonds. The van der Waals surface area contributed by atoms with Gasteiger partial charge in [-0.3, -0.25) is 0 Å². The van der Waals surface area contributed by atoms with Crippen molar-refractivity contribution in [3.05, 3.63) is 11.8 Å². The van der Waals surface area contributed by atoms with Crippen molar-refractivity contribution in [2.24, 2.45) is 5.92 Å². The van der Waals surface area contributed by atoms with Crippen LogP contribution in [-0.2, 0) is 9.47 Å². The average molecular weight is 198 g/mol. The van der Waals surface area contributed by atoms with Crippen LogP contribution in [0, 0.1) is 5.92 Å². The normalized spacial score (nSPS) is 34.9. The van der Waals surface area contributed by atoms with Gasteiger partial charge < -0.3 is 14.6 Å². The van der Waals surface area contributed by atoms with Crippen LogP contribution in [0.5, 0.6) is 0 Å². The van der Waals surface area contributed by atoms with Crippen LogP contribution in [0.1, 0.15) is 26.2 Å². The smallest absolute Gasteiger partial charge is 0.0876 e. The summed E-state index contributed by atoms with van der Waals surface area (Å²) in [6, 6.07) is 0. The second-order valence-electron chi connectivity index (χ2n) is 4.25. The molecule has 0 saturated carbocycles. The zero-order valence-electron chi connectivity index (χ0n) is 8.61. The summed E-state index contributed by atoms with van der Waals surface area (Å²) >= 11 is 0. The maximum atomic E-state index is 10.1. The maximum absolute atomic E-state index is 10.1. The van der Waals surface area contributed by atoms with Gasteiger partial charge in [-0.1, -0.05) is 0 Å². The zero-order valence-corrected chi connectivity index (χ0v) is 8.61. The first kappa shape index (κ1) is 9.99. The number of hydrogen-bond acceptors (Lipinski definition) is 3. The summed E-state index contributed by atoms with van der Waals surface area (Å²) < 4.78 is 10.7. The molecular weight excluding hydrogens is 180 g/mol. The van der Waals surface area contributed by atoms with E-state index in [0.29, 0.717) is 12.7 Å². The van der Waals surface area contributed by atoms with Crippen LogP contribution in [0.25, 0.3) is 0 Å². The van der Waals surface area contributed by atoms with Crippen molar-refractivity contribution >= 4 is 0 Å². The van der Waals surface area contributed by atoms with Crippen molar-refractivity contribution in [3.63, 3.8) is 0 Å². The molecule has 3 unspecified atom stereocenters. The van der Waals surface area contributed by atoms with E-state index in [2.05, 4.69) is 6.92 Å². The molecule has 0 bridgehead atoms. The Hall–Kier alpha value is -0.540. The number of hydrogen-bond donors (Lipinski definition) is 1. The van der Waals surface area contributed by atoms with E-state index in [0.717, 1.165) is 31.4 Å². The molecule has 2 heterocycles. The number of ether oxygens (including phenoxy) is 2. The largest absolute Gasteiger partial charge is 0.501 e. The second kappa shape index (κ2) is 4.32. The molecule has 0 radical (unpaired) electrons. The fourth-order valence-electron chi connectivity index (χ4n) is 2.18. The van der Waals surface area contributed by atoms with Gasteiger partial charge >= 0.3 is 0 Å². The van der Waals surface area contributed by atoms with Crippen LogP contribution >= 0.6 is 0 Å². The van der Waals surface area contributed by atoms with E-state index in [4.69, 9.17) is 9.47 Å². The predicted molar refractivity (Wildman–Crippen MR) is 52.8 cm³/mol. The minimum Gasteiger partial charge on any atom is -0.501 e. The Kier molecular flexibility index (Phi) is 3.08. The molecule has 0 aromatic heterocycles. The lowest BCUT2D eigenvalue weighted by molar-refractivity contribution is 0.0889. The van der Waals surface area contributed by atoms with E-state index in [1.54, 1.807) is 6.26 Å². The van der Waals surface area contributed by atoms with E-state index < -0.39 is 0 Å². The monoisotopic (exact) mass is 198 g/mol. The van der Waals surface area contributed by atoms with E-state index >= 15 is 0 Å². The van der Waals surface area contributed by atoms with Crippen molar-refractivity contribution in [3.8, 4) is 0 Å². The molecule has 80 valence electrons. The third-order valence-electron chi connectivity index (χ3n) is 3.02. The fraction of sp³-hybridized carbons (Fsp3) is 0.818. The van der Waals surface area contributed by atoms with Gasteiger partial charge in [-0.15, -0.1) is 0 Å². The summed E-state index contributed by atoms with van der Waals surface area (Å²) in [5, 5.41) is 10.1. The number of aliphatic hydroxyl groups excluding tert-OH is 1. The van der Waals surface area contributed by atoms with Crippen molar-refractivity contribution < 1.29 is 14.6 Å². The highest BCUT2D eigenvalue weighted by atomic mass is 16.5. The molecule has 0 spiro atoms. The number of rotatable bonds is 2. The lowest BCUT2D eigenvalue weighted by atomic mass is 9.91. The van der Waals surface area contributed by atoms with E-state index in [9.17, 15) is 5.11 Å². The highest BCUT2D eigenvalue weighted by molar-refractivity contribution is 5.09. The zero-order chi connectivity index (χ0) is 9.97. The molecule has 3 nitrogen and oxygen atoms in total. The van der Waals surface area contributed by atoms with Gasteiger partial charge in [0, 0.05) is 5.92 Å². The Labute approximate surface area is 84.7 Å². The van der Waals surface area contributed by atoms with Gasteiger partial charge in [-0.25, -0.2) is 0 Å². The van der Waals surface area contributed by atoms with Crippen LogP contribution in [0.4, 0.5) is 0 Å². The van der Waals surface area contributed by atoms with Gasteiger partial charge in [0.25, 0.3) is 0 Å². The van der Waals surface area contributed by atoms with Crippen LogP contribution in [0.2, 0.25) is 0 Å². The number of aliphatic hydroxyl groups is 1. The van der Waals surface area contributed by atoms with Gasteiger partial charge in [-0.05, 0) is 31.8 Å². The summed E-state index contributed by atoms with van der Waals surface area (Å²) in [5.41, 5.74) is 1.04. The van der Waals surface area contributed by atoms with Gasteiger partial charge in [0.2, 0.25) is 0 Å². The van der Waals surface area contributed by atoms with E-state index in [1.807, 2.05) is 0 Å². The Bertz CT molecular complexity index is 225. The molecule has 2 aliphatic rings. The second-order valence-corrected chi connectivity index (χ2v) is 4.25. The molecular formula is C11H18O3. The topological polar surface area (TPSA) is 38.7 Å². The Morgan fingerprint density at radius 3 is 3.00 bits per heavy atom. The van der Waals surface area contributed by atoms with Gasteiger partial charge in [-0.2, -0.15) is 0 Å².